The molecule has 1 N–H and O–H groups in total. The number of ether oxygens (including phenoxy) is 1. The standard InChI is InChI=1S/C30H36FN3O5S/c1-6-22(3)32-30(36)23(4)33(19-24-13-15-25(31)16-14-24)29(35)20-34(27-18-21(2)12-17-28(27)39-5)40(37,38)26-10-8-7-9-11-26/h7-18,22-23H,6,19-20H2,1-5H3,(H,32,36)/t22-,23-/m1/s1. The first-order chi connectivity index (χ1) is 19.0. The molecule has 0 radical (unpaired) electrons. The van der Waals surface area contributed by atoms with Gasteiger partial charge in [-0.2, -0.15) is 0 Å². The molecule has 8 nitrogen and oxygen atoms in total. The molecule has 2 amide bonds. The molecule has 2 atom stereocenters. The van der Waals surface area contributed by atoms with Crippen molar-refractivity contribution in [3.05, 3.63) is 89.7 Å². The summed E-state index contributed by atoms with van der Waals surface area (Å²) in [6.07, 6.45) is 0.695. The number of methoxy groups -OCH3 is 1. The molecule has 0 bridgehead atoms. The third-order valence-corrected chi connectivity index (χ3v) is 8.42. The van der Waals surface area contributed by atoms with Gasteiger partial charge in [-0.15, -0.1) is 0 Å². The normalized spacial score (nSPS) is 12.8. The van der Waals surface area contributed by atoms with Crippen LogP contribution in [0.15, 0.2) is 77.7 Å². The molecule has 0 aromatic heterocycles. The van der Waals surface area contributed by atoms with Crippen molar-refractivity contribution in [2.45, 2.75) is 57.6 Å². The Morgan fingerprint density at radius 2 is 1.65 bits per heavy atom. The average molecular weight is 570 g/mol. The quantitative estimate of drug-likeness (QED) is 0.342. The second-order valence-electron chi connectivity index (χ2n) is 9.64. The van der Waals surface area contributed by atoms with Crippen molar-refractivity contribution < 1.29 is 27.1 Å². The molecule has 10 heteroatoms. The van der Waals surface area contributed by atoms with E-state index in [9.17, 15) is 22.4 Å². The summed E-state index contributed by atoms with van der Waals surface area (Å²) < 4.78 is 47.9. The van der Waals surface area contributed by atoms with Gasteiger partial charge >= 0.3 is 0 Å². The van der Waals surface area contributed by atoms with Gasteiger partial charge in [0.2, 0.25) is 11.8 Å². The lowest BCUT2D eigenvalue weighted by Gasteiger charge is -2.33. The van der Waals surface area contributed by atoms with Crippen molar-refractivity contribution in [3.63, 3.8) is 0 Å². The molecule has 0 saturated heterocycles. The first-order valence-corrected chi connectivity index (χ1v) is 14.5. The summed E-state index contributed by atoms with van der Waals surface area (Å²) in [4.78, 5) is 28.4. The maximum Gasteiger partial charge on any atom is 0.264 e. The number of anilines is 1. The van der Waals surface area contributed by atoms with Gasteiger partial charge in [-0.25, -0.2) is 12.8 Å². The van der Waals surface area contributed by atoms with Crippen molar-refractivity contribution in [2.24, 2.45) is 0 Å². The van der Waals surface area contributed by atoms with Crippen LogP contribution in [0.5, 0.6) is 5.75 Å². The van der Waals surface area contributed by atoms with Crippen molar-refractivity contribution in [1.29, 1.82) is 0 Å². The molecule has 3 rings (SSSR count). The van der Waals surface area contributed by atoms with Gasteiger partial charge in [0.1, 0.15) is 24.2 Å². The summed E-state index contributed by atoms with van der Waals surface area (Å²) >= 11 is 0. The van der Waals surface area contributed by atoms with E-state index in [1.54, 1.807) is 50.2 Å². The number of hydrogen-bond donors (Lipinski definition) is 1. The molecule has 0 heterocycles. The number of nitrogens with zero attached hydrogens (tertiary/aromatic N) is 2. The third kappa shape index (κ3) is 7.38. The Bertz CT molecular complexity index is 1420. The molecule has 0 aliphatic heterocycles. The maximum absolute atomic E-state index is 14.0. The van der Waals surface area contributed by atoms with E-state index < -0.39 is 34.3 Å². The van der Waals surface area contributed by atoms with E-state index in [-0.39, 0.29) is 34.8 Å². The summed E-state index contributed by atoms with van der Waals surface area (Å²) in [5, 5.41) is 2.88. The summed E-state index contributed by atoms with van der Waals surface area (Å²) in [6.45, 7) is 6.55. The number of benzene rings is 3. The first kappa shape index (κ1) is 30.6. The number of aryl methyl sites for hydroxylation is 1. The van der Waals surface area contributed by atoms with Gasteiger partial charge in [0.15, 0.2) is 0 Å². The number of nitrogens with one attached hydrogen (secondary N) is 1. The van der Waals surface area contributed by atoms with Crippen molar-refractivity contribution in [1.82, 2.24) is 10.2 Å². The predicted molar refractivity (Wildman–Crippen MR) is 153 cm³/mol. The molecule has 0 aliphatic carbocycles. The van der Waals surface area contributed by atoms with Crippen molar-refractivity contribution >= 4 is 27.5 Å². The minimum absolute atomic E-state index is 0.000920. The van der Waals surface area contributed by atoms with Gasteiger partial charge in [0.05, 0.1) is 17.7 Å². The van der Waals surface area contributed by atoms with Crippen LogP contribution in [0.3, 0.4) is 0 Å². The Morgan fingerprint density at radius 3 is 2.25 bits per heavy atom. The monoisotopic (exact) mass is 569 g/mol. The predicted octanol–water partition coefficient (Wildman–Crippen LogP) is 4.67. The lowest BCUT2D eigenvalue weighted by molar-refractivity contribution is -0.139. The maximum atomic E-state index is 14.0. The largest absolute Gasteiger partial charge is 0.495 e. The minimum atomic E-state index is -4.22. The van der Waals surface area contributed by atoms with E-state index in [1.165, 1.54) is 48.4 Å². The van der Waals surface area contributed by atoms with Crippen LogP contribution in [0.2, 0.25) is 0 Å². The summed E-state index contributed by atoms with van der Waals surface area (Å²) in [5.41, 5.74) is 1.54. The molecule has 0 saturated carbocycles. The summed E-state index contributed by atoms with van der Waals surface area (Å²) in [6, 6.07) is 17.4. The fourth-order valence-electron chi connectivity index (χ4n) is 4.06. The van der Waals surface area contributed by atoms with Crippen molar-refractivity contribution in [2.75, 3.05) is 18.0 Å². The van der Waals surface area contributed by atoms with Crippen LogP contribution in [0, 0.1) is 12.7 Å². The van der Waals surface area contributed by atoms with Crippen LogP contribution in [0.4, 0.5) is 10.1 Å². The van der Waals surface area contributed by atoms with Crippen LogP contribution in [-0.2, 0) is 26.2 Å². The smallest absolute Gasteiger partial charge is 0.264 e. The van der Waals surface area contributed by atoms with Crippen molar-refractivity contribution in [3.8, 4) is 5.75 Å². The van der Waals surface area contributed by atoms with Crippen LogP contribution in [0.25, 0.3) is 0 Å². The molecule has 0 fully saturated rings. The number of carbonyl (C=O) groups is 2. The summed E-state index contributed by atoms with van der Waals surface area (Å²) in [7, 11) is -2.80. The number of carbonyl (C=O) groups excluding carboxylic acids is 2. The molecule has 0 spiro atoms. The Labute approximate surface area is 235 Å². The van der Waals surface area contributed by atoms with Gasteiger partial charge < -0.3 is 15.0 Å². The third-order valence-electron chi connectivity index (χ3n) is 6.65. The molecule has 3 aromatic carbocycles. The second kappa shape index (κ2) is 13.4. The Hall–Kier alpha value is -3.92. The Kier molecular flexibility index (Phi) is 10.3. The van der Waals surface area contributed by atoms with Gasteiger partial charge in [-0.1, -0.05) is 43.3 Å². The van der Waals surface area contributed by atoms with Gasteiger partial charge in [0.25, 0.3) is 10.0 Å². The zero-order valence-electron chi connectivity index (χ0n) is 23.4. The topological polar surface area (TPSA) is 96.0 Å². The minimum Gasteiger partial charge on any atom is -0.495 e. The molecule has 0 aliphatic rings. The first-order valence-electron chi connectivity index (χ1n) is 13.0. The zero-order valence-corrected chi connectivity index (χ0v) is 24.2. The fourth-order valence-corrected chi connectivity index (χ4v) is 5.50. The van der Waals surface area contributed by atoms with Gasteiger partial charge in [-0.3, -0.25) is 13.9 Å². The van der Waals surface area contributed by atoms with E-state index in [0.29, 0.717) is 12.0 Å². The number of sulfonamides is 1. The highest BCUT2D eigenvalue weighted by Crippen LogP contribution is 2.33. The van der Waals surface area contributed by atoms with Crippen LogP contribution < -0.4 is 14.4 Å². The van der Waals surface area contributed by atoms with Crippen LogP contribution >= 0.6 is 0 Å². The van der Waals surface area contributed by atoms with Gasteiger partial charge in [-0.05, 0) is 74.7 Å². The number of amides is 2. The number of rotatable bonds is 12. The van der Waals surface area contributed by atoms with Crippen LogP contribution in [0.1, 0.15) is 38.3 Å². The van der Waals surface area contributed by atoms with E-state index in [1.807, 2.05) is 13.8 Å². The Morgan fingerprint density at radius 1 is 1.00 bits per heavy atom. The zero-order chi connectivity index (χ0) is 29.4. The number of halogens is 1. The lowest BCUT2D eigenvalue weighted by atomic mass is 10.1. The highest BCUT2D eigenvalue weighted by molar-refractivity contribution is 7.92. The van der Waals surface area contributed by atoms with E-state index in [0.717, 1.165) is 9.87 Å². The molecular formula is C30H36FN3O5S. The molecule has 0 unspecified atom stereocenters. The second-order valence-corrected chi connectivity index (χ2v) is 11.5. The molecular weight excluding hydrogens is 533 g/mol. The molecule has 214 valence electrons. The number of hydrogen-bond acceptors (Lipinski definition) is 5. The highest BCUT2D eigenvalue weighted by Gasteiger charge is 2.34. The molecule has 40 heavy (non-hydrogen) atoms. The average Bonchev–Trinajstić information content (AvgIpc) is 2.95. The van der Waals surface area contributed by atoms with E-state index in [2.05, 4.69) is 5.32 Å². The van der Waals surface area contributed by atoms with E-state index in [4.69, 9.17) is 4.74 Å². The Balaban J connectivity index is 2.08. The van der Waals surface area contributed by atoms with E-state index >= 15 is 0 Å². The SMILES string of the molecule is CC[C@@H](C)NC(=O)[C@@H](C)N(Cc1ccc(F)cc1)C(=O)CN(c1cc(C)ccc1OC)S(=O)(=O)c1ccccc1. The summed E-state index contributed by atoms with van der Waals surface area (Å²) in [5.74, 6) is -1.16. The van der Waals surface area contributed by atoms with Crippen LogP contribution in [-0.4, -0.2) is 50.9 Å². The highest BCUT2D eigenvalue weighted by atomic mass is 32.2. The fraction of sp³-hybridized carbons (Fsp3) is 0.333. The molecule has 3 aromatic rings. The van der Waals surface area contributed by atoms with Gasteiger partial charge in [0, 0.05) is 12.6 Å². The lowest BCUT2D eigenvalue weighted by Crippen LogP contribution is -2.52.